The van der Waals surface area contributed by atoms with Crippen LogP contribution in [0, 0.1) is 5.82 Å². The molecular weight excluding hydrogens is 231 g/mol. The van der Waals surface area contributed by atoms with Crippen LogP contribution in [0.3, 0.4) is 0 Å². The van der Waals surface area contributed by atoms with Gasteiger partial charge in [-0.3, -0.25) is 11.3 Å². The Bertz CT molecular complexity index is 448. The number of hydrogen-bond donors (Lipinski definition) is 2. The number of nitrogens with two attached hydrogens (primary N) is 1. The normalized spacial score (nSPS) is 13.7. The predicted molar refractivity (Wildman–Crippen MR) is 60.8 cm³/mol. The first kappa shape index (κ1) is 13.1. The number of benzene rings is 1. The van der Waals surface area contributed by atoms with E-state index in [2.05, 4.69) is 5.43 Å². The minimum atomic E-state index is -3.07. The first-order chi connectivity index (χ1) is 7.44. The van der Waals surface area contributed by atoms with Crippen LogP contribution in [-0.2, 0) is 9.84 Å². The highest BCUT2D eigenvalue weighted by Crippen LogP contribution is 2.19. The number of hydrazine groups is 1. The van der Waals surface area contributed by atoms with E-state index in [1.165, 1.54) is 6.07 Å². The van der Waals surface area contributed by atoms with E-state index in [0.29, 0.717) is 5.56 Å². The average molecular weight is 246 g/mol. The summed E-state index contributed by atoms with van der Waals surface area (Å²) in [5, 5.41) is 0. The van der Waals surface area contributed by atoms with Crippen LogP contribution in [0.15, 0.2) is 24.3 Å². The van der Waals surface area contributed by atoms with Gasteiger partial charge in [-0.1, -0.05) is 18.2 Å². The molecular formula is C10H15FN2O2S. The van der Waals surface area contributed by atoms with Crippen LogP contribution in [-0.4, -0.2) is 20.4 Å². The Morgan fingerprint density at radius 3 is 2.56 bits per heavy atom. The van der Waals surface area contributed by atoms with E-state index in [9.17, 15) is 12.8 Å². The van der Waals surface area contributed by atoms with Crippen molar-refractivity contribution >= 4 is 9.84 Å². The summed E-state index contributed by atoms with van der Waals surface area (Å²) < 4.78 is 35.4. The Morgan fingerprint density at radius 1 is 1.44 bits per heavy atom. The maximum Gasteiger partial charge on any atom is 0.147 e. The molecule has 16 heavy (non-hydrogen) atoms. The monoisotopic (exact) mass is 246 g/mol. The molecule has 3 N–H and O–H groups in total. The van der Waals surface area contributed by atoms with E-state index < -0.39 is 15.9 Å². The lowest BCUT2D eigenvalue weighted by Gasteiger charge is -2.16. The lowest BCUT2D eigenvalue weighted by Crippen LogP contribution is -2.30. The summed E-state index contributed by atoms with van der Waals surface area (Å²) in [6.45, 7) is 0. The van der Waals surface area contributed by atoms with Crippen LogP contribution in [0.4, 0.5) is 4.39 Å². The predicted octanol–water partition coefficient (Wildman–Crippen LogP) is 0.765. The highest BCUT2D eigenvalue weighted by molar-refractivity contribution is 7.90. The molecule has 4 nitrogen and oxygen atoms in total. The minimum Gasteiger partial charge on any atom is -0.271 e. The Kier molecular flexibility index (Phi) is 4.40. The molecule has 0 fully saturated rings. The zero-order valence-electron chi connectivity index (χ0n) is 8.98. The number of nitrogens with one attached hydrogen (secondary N) is 1. The molecule has 0 bridgehead atoms. The average Bonchev–Trinajstić information content (AvgIpc) is 2.20. The summed E-state index contributed by atoms with van der Waals surface area (Å²) in [7, 11) is -3.07. The molecule has 0 heterocycles. The number of sulfone groups is 1. The van der Waals surface area contributed by atoms with Crippen LogP contribution in [0.25, 0.3) is 0 Å². The van der Waals surface area contributed by atoms with Crippen molar-refractivity contribution in [2.24, 2.45) is 5.84 Å². The standard InChI is InChI=1S/C10H15FN2O2S/c1-16(14,15)7-6-10(13-12)8-4-2-3-5-9(8)11/h2-5,10,13H,6-7,12H2,1H3. The topological polar surface area (TPSA) is 72.2 Å². The van der Waals surface area contributed by atoms with Gasteiger partial charge in [0, 0.05) is 17.9 Å². The van der Waals surface area contributed by atoms with Crippen LogP contribution in [0.1, 0.15) is 18.0 Å². The van der Waals surface area contributed by atoms with Gasteiger partial charge in [-0.15, -0.1) is 0 Å². The Morgan fingerprint density at radius 2 is 2.06 bits per heavy atom. The van der Waals surface area contributed by atoms with Crippen molar-refractivity contribution in [3.8, 4) is 0 Å². The van der Waals surface area contributed by atoms with Crippen LogP contribution < -0.4 is 11.3 Å². The summed E-state index contributed by atoms with van der Waals surface area (Å²) in [6, 6.07) is 5.67. The number of halogens is 1. The van der Waals surface area contributed by atoms with Crippen molar-refractivity contribution in [3.63, 3.8) is 0 Å². The van der Waals surface area contributed by atoms with E-state index in [1.54, 1.807) is 18.2 Å². The lowest BCUT2D eigenvalue weighted by atomic mass is 10.0. The second-order valence-corrected chi connectivity index (χ2v) is 5.92. The maximum atomic E-state index is 13.4. The molecule has 0 amide bonds. The van der Waals surface area contributed by atoms with Crippen molar-refractivity contribution in [2.75, 3.05) is 12.0 Å². The Hall–Kier alpha value is -0.980. The van der Waals surface area contributed by atoms with Crippen LogP contribution >= 0.6 is 0 Å². The maximum absolute atomic E-state index is 13.4. The van der Waals surface area contributed by atoms with Gasteiger partial charge in [0.15, 0.2) is 0 Å². The van der Waals surface area contributed by atoms with Gasteiger partial charge in [0.1, 0.15) is 15.7 Å². The van der Waals surface area contributed by atoms with Crippen molar-refractivity contribution < 1.29 is 12.8 Å². The van der Waals surface area contributed by atoms with E-state index in [1.807, 2.05) is 0 Å². The summed E-state index contributed by atoms with van der Waals surface area (Å²) in [4.78, 5) is 0. The first-order valence-corrected chi connectivity index (χ1v) is 6.88. The molecule has 0 aliphatic heterocycles. The fraction of sp³-hybridized carbons (Fsp3) is 0.400. The largest absolute Gasteiger partial charge is 0.271 e. The van der Waals surface area contributed by atoms with Gasteiger partial charge in [-0.25, -0.2) is 12.8 Å². The summed E-state index contributed by atoms with van der Waals surface area (Å²) in [6.07, 6.45) is 1.39. The summed E-state index contributed by atoms with van der Waals surface area (Å²) >= 11 is 0. The van der Waals surface area contributed by atoms with Crippen molar-refractivity contribution in [2.45, 2.75) is 12.5 Å². The van der Waals surface area contributed by atoms with E-state index in [-0.39, 0.29) is 18.0 Å². The molecule has 1 aromatic rings. The fourth-order valence-electron chi connectivity index (χ4n) is 1.42. The smallest absolute Gasteiger partial charge is 0.147 e. The minimum absolute atomic E-state index is 0.0315. The van der Waals surface area contributed by atoms with Gasteiger partial charge in [0.05, 0.1) is 5.75 Å². The fourth-order valence-corrected chi connectivity index (χ4v) is 2.08. The van der Waals surface area contributed by atoms with Crippen molar-refractivity contribution in [3.05, 3.63) is 35.6 Å². The third-order valence-corrected chi connectivity index (χ3v) is 3.24. The molecule has 0 spiro atoms. The zero-order valence-corrected chi connectivity index (χ0v) is 9.80. The van der Waals surface area contributed by atoms with Gasteiger partial charge in [-0.2, -0.15) is 0 Å². The molecule has 1 rings (SSSR count). The summed E-state index contributed by atoms with van der Waals surface area (Å²) in [5.74, 6) is 4.87. The van der Waals surface area contributed by atoms with E-state index in [0.717, 1.165) is 6.26 Å². The second kappa shape index (κ2) is 5.38. The quantitative estimate of drug-likeness (QED) is 0.594. The number of rotatable bonds is 5. The highest BCUT2D eigenvalue weighted by atomic mass is 32.2. The lowest BCUT2D eigenvalue weighted by molar-refractivity contribution is 0.498. The SMILES string of the molecule is CS(=O)(=O)CCC(NN)c1ccccc1F. The first-order valence-electron chi connectivity index (χ1n) is 4.82. The molecule has 6 heteroatoms. The Balaban J connectivity index is 2.79. The van der Waals surface area contributed by atoms with Gasteiger partial charge in [-0.05, 0) is 12.5 Å². The zero-order chi connectivity index (χ0) is 12.2. The molecule has 0 aromatic heterocycles. The highest BCUT2D eigenvalue weighted by Gasteiger charge is 2.15. The summed E-state index contributed by atoms with van der Waals surface area (Å²) in [5.41, 5.74) is 2.81. The van der Waals surface area contributed by atoms with Gasteiger partial charge >= 0.3 is 0 Å². The molecule has 90 valence electrons. The van der Waals surface area contributed by atoms with E-state index in [4.69, 9.17) is 5.84 Å². The van der Waals surface area contributed by atoms with Gasteiger partial charge in [0.25, 0.3) is 0 Å². The molecule has 1 unspecified atom stereocenters. The molecule has 0 radical (unpaired) electrons. The van der Waals surface area contributed by atoms with Gasteiger partial charge < -0.3 is 0 Å². The van der Waals surface area contributed by atoms with E-state index >= 15 is 0 Å². The van der Waals surface area contributed by atoms with Crippen LogP contribution in [0.5, 0.6) is 0 Å². The molecule has 0 saturated carbocycles. The molecule has 1 atom stereocenters. The second-order valence-electron chi connectivity index (χ2n) is 3.66. The number of hydrogen-bond acceptors (Lipinski definition) is 4. The van der Waals surface area contributed by atoms with Crippen LogP contribution in [0.2, 0.25) is 0 Å². The van der Waals surface area contributed by atoms with Crippen molar-refractivity contribution in [1.82, 2.24) is 5.43 Å². The molecule has 0 saturated heterocycles. The molecule has 1 aromatic carbocycles. The third-order valence-electron chi connectivity index (χ3n) is 2.26. The third kappa shape index (κ3) is 3.88. The molecule has 0 aliphatic carbocycles. The molecule has 0 aliphatic rings. The van der Waals surface area contributed by atoms with Crippen molar-refractivity contribution in [1.29, 1.82) is 0 Å². The Labute approximate surface area is 94.5 Å². The van der Waals surface area contributed by atoms with Gasteiger partial charge in [0.2, 0.25) is 0 Å².